The van der Waals surface area contributed by atoms with E-state index in [1.54, 1.807) is 23.1 Å². The van der Waals surface area contributed by atoms with Crippen LogP contribution < -0.4 is 0 Å². The third kappa shape index (κ3) is 2.86. The summed E-state index contributed by atoms with van der Waals surface area (Å²) in [5, 5.41) is 9.87. The molecule has 2 aliphatic rings. The number of benzene rings is 2. The Balaban J connectivity index is 1.56. The monoisotopic (exact) mass is 373 g/mol. The number of carbonyl (C=O) groups excluding carboxylic acids is 1. The van der Waals surface area contributed by atoms with Crippen molar-refractivity contribution >= 4 is 23.5 Å². The average molecular weight is 374 g/mol. The van der Waals surface area contributed by atoms with Crippen molar-refractivity contribution in [3.05, 3.63) is 70.0 Å². The molecule has 3 atom stereocenters. The number of halogens is 2. The summed E-state index contributed by atoms with van der Waals surface area (Å²) in [4.78, 5) is 26.1. The van der Waals surface area contributed by atoms with Crippen molar-refractivity contribution < 1.29 is 19.1 Å². The summed E-state index contributed by atoms with van der Waals surface area (Å²) in [6, 6.07) is 11.8. The fraction of sp³-hybridized carbons (Fsp3) is 0.300. The van der Waals surface area contributed by atoms with E-state index in [1.807, 2.05) is 18.2 Å². The number of carboxylic acids is 1. The number of hydrogen-bond acceptors (Lipinski definition) is 2. The highest BCUT2D eigenvalue weighted by molar-refractivity contribution is 6.31. The van der Waals surface area contributed by atoms with Gasteiger partial charge in [0.05, 0.1) is 5.92 Å². The maximum absolute atomic E-state index is 14.1. The van der Waals surface area contributed by atoms with Crippen molar-refractivity contribution in [1.29, 1.82) is 0 Å². The Labute approximate surface area is 155 Å². The van der Waals surface area contributed by atoms with E-state index in [0.29, 0.717) is 23.6 Å². The highest BCUT2D eigenvalue weighted by atomic mass is 35.5. The third-order valence-electron chi connectivity index (χ3n) is 5.28. The van der Waals surface area contributed by atoms with Crippen LogP contribution in [-0.2, 0) is 16.1 Å². The largest absolute Gasteiger partial charge is 0.481 e. The van der Waals surface area contributed by atoms with Crippen molar-refractivity contribution in [2.24, 2.45) is 5.92 Å². The first-order valence-corrected chi connectivity index (χ1v) is 8.88. The van der Waals surface area contributed by atoms with Gasteiger partial charge in [0.1, 0.15) is 5.82 Å². The van der Waals surface area contributed by atoms with Gasteiger partial charge in [0, 0.05) is 35.5 Å². The molecule has 2 aromatic rings. The molecule has 4 rings (SSSR count). The quantitative estimate of drug-likeness (QED) is 0.890. The number of carboxylic acid groups (broad SMARTS) is 1. The van der Waals surface area contributed by atoms with Crippen LogP contribution in [0.4, 0.5) is 4.39 Å². The predicted molar refractivity (Wildman–Crippen MR) is 94.5 cm³/mol. The number of nitrogens with zero attached hydrogens (tertiary/aromatic N) is 1. The minimum Gasteiger partial charge on any atom is -0.481 e. The molecule has 1 saturated carbocycles. The molecule has 134 valence electrons. The lowest BCUT2D eigenvalue weighted by atomic mass is 9.89. The topological polar surface area (TPSA) is 57.6 Å². The van der Waals surface area contributed by atoms with E-state index in [9.17, 15) is 19.1 Å². The Morgan fingerprint density at radius 3 is 2.65 bits per heavy atom. The van der Waals surface area contributed by atoms with Gasteiger partial charge in [-0.2, -0.15) is 0 Å². The molecular formula is C20H17ClFNO3. The Morgan fingerprint density at radius 2 is 1.92 bits per heavy atom. The van der Waals surface area contributed by atoms with Gasteiger partial charge in [-0.05, 0) is 29.7 Å². The Kier molecular flexibility index (Phi) is 4.19. The smallest absolute Gasteiger partial charge is 0.312 e. The molecule has 1 aliphatic carbocycles. The van der Waals surface area contributed by atoms with Gasteiger partial charge in [-0.15, -0.1) is 0 Å². The molecule has 1 amide bonds. The fourth-order valence-corrected chi connectivity index (χ4v) is 4.18. The fourth-order valence-electron chi connectivity index (χ4n) is 3.87. The van der Waals surface area contributed by atoms with Crippen LogP contribution in [0.3, 0.4) is 0 Å². The van der Waals surface area contributed by atoms with Gasteiger partial charge in [0.15, 0.2) is 0 Å². The van der Waals surface area contributed by atoms with E-state index in [2.05, 4.69) is 0 Å². The zero-order valence-electron chi connectivity index (χ0n) is 13.9. The van der Waals surface area contributed by atoms with Crippen molar-refractivity contribution in [1.82, 2.24) is 4.90 Å². The van der Waals surface area contributed by atoms with Crippen LogP contribution in [0.1, 0.15) is 34.9 Å². The molecule has 26 heavy (non-hydrogen) atoms. The van der Waals surface area contributed by atoms with Gasteiger partial charge in [-0.25, -0.2) is 4.39 Å². The molecule has 1 fully saturated rings. The minimum absolute atomic E-state index is 0.130. The van der Waals surface area contributed by atoms with E-state index in [4.69, 9.17) is 11.6 Å². The Hall–Kier alpha value is -2.40. The number of carbonyl (C=O) groups is 2. The first-order chi connectivity index (χ1) is 12.5. The summed E-state index contributed by atoms with van der Waals surface area (Å²) in [5.74, 6) is -2.79. The number of fused-ring (bicyclic) bond motifs is 1. The molecule has 3 unspecified atom stereocenters. The van der Waals surface area contributed by atoms with Crippen molar-refractivity contribution in [2.45, 2.75) is 24.8 Å². The zero-order chi connectivity index (χ0) is 18.4. The second kappa shape index (κ2) is 6.40. The summed E-state index contributed by atoms with van der Waals surface area (Å²) >= 11 is 6.11. The summed E-state index contributed by atoms with van der Waals surface area (Å²) in [7, 11) is 0. The molecule has 6 heteroatoms. The van der Waals surface area contributed by atoms with Gasteiger partial charge in [0.25, 0.3) is 0 Å². The number of aliphatic carboxylic acids is 1. The molecule has 1 N–H and O–H groups in total. The van der Waals surface area contributed by atoms with Crippen LogP contribution in [0.15, 0.2) is 42.5 Å². The molecule has 0 bridgehead atoms. The van der Waals surface area contributed by atoms with Gasteiger partial charge < -0.3 is 10.0 Å². The molecule has 4 nitrogen and oxygen atoms in total. The van der Waals surface area contributed by atoms with Crippen molar-refractivity contribution in [3.8, 4) is 0 Å². The van der Waals surface area contributed by atoms with E-state index in [0.717, 1.165) is 11.1 Å². The number of rotatable bonds is 3. The first kappa shape index (κ1) is 17.0. The van der Waals surface area contributed by atoms with Crippen molar-refractivity contribution in [3.63, 3.8) is 0 Å². The Bertz CT molecular complexity index is 880. The molecule has 0 spiro atoms. The zero-order valence-corrected chi connectivity index (χ0v) is 14.6. The normalized spacial score (nSPS) is 24.1. The highest BCUT2D eigenvalue weighted by Gasteiger charge is 2.49. The lowest BCUT2D eigenvalue weighted by Crippen LogP contribution is -2.41. The molecule has 0 radical (unpaired) electrons. The summed E-state index contributed by atoms with van der Waals surface area (Å²) < 4.78 is 14.1. The lowest BCUT2D eigenvalue weighted by Gasteiger charge is -2.33. The Morgan fingerprint density at radius 1 is 1.15 bits per heavy atom. The highest BCUT2D eigenvalue weighted by Crippen LogP contribution is 2.51. The first-order valence-electron chi connectivity index (χ1n) is 8.50. The molecule has 0 aromatic heterocycles. The number of amides is 1. The van der Waals surface area contributed by atoms with Gasteiger partial charge >= 0.3 is 5.97 Å². The van der Waals surface area contributed by atoms with Crippen LogP contribution in [0, 0.1) is 11.7 Å². The molecule has 1 heterocycles. The average Bonchev–Trinajstić information content (AvgIpc) is 3.40. The summed E-state index contributed by atoms with van der Waals surface area (Å²) in [5.41, 5.74) is 1.99. The second-order valence-electron chi connectivity index (χ2n) is 6.89. The van der Waals surface area contributed by atoms with Gasteiger partial charge in [0.2, 0.25) is 5.91 Å². The van der Waals surface area contributed by atoms with Gasteiger partial charge in [-0.1, -0.05) is 41.9 Å². The molecule has 0 saturated heterocycles. The SMILES string of the molecule is O=C(O)C1CN(C(=O)C2CC2c2c(F)cccc2Cl)Cc2ccccc21. The van der Waals surface area contributed by atoms with Crippen LogP contribution in [0.5, 0.6) is 0 Å². The number of hydrogen-bond donors (Lipinski definition) is 1. The second-order valence-corrected chi connectivity index (χ2v) is 7.30. The summed E-state index contributed by atoms with van der Waals surface area (Å²) in [6.07, 6.45) is 0.537. The maximum atomic E-state index is 14.1. The predicted octanol–water partition coefficient (Wildman–Crippen LogP) is 3.79. The molecular weight excluding hydrogens is 357 g/mol. The standard InChI is InChI=1S/C20H17ClFNO3/c21-16-6-3-7-17(22)18(16)13-8-14(13)19(24)23-9-11-4-1-2-5-12(11)15(10-23)20(25)26/h1-7,13-15H,8-10H2,(H,25,26). The van der Waals surface area contributed by atoms with Crippen LogP contribution >= 0.6 is 11.6 Å². The molecule has 2 aromatic carbocycles. The van der Waals surface area contributed by atoms with Crippen LogP contribution in [0.2, 0.25) is 5.02 Å². The molecule has 1 aliphatic heterocycles. The lowest BCUT2D eigenvalue weighted by molar-refractivity contribution is -0.141. The van der Waals surface area contributed by atoms with E-state index in [-0.39, 0.29) is 24.3 Å². The van der Waals surface area contributed by atoms with E-state index >= 15 is 0 Å². The summed E-state index contributed by atoms with van der Waals surface area (Å²) in [6.45, 7) is 0.520. The third-order valence-corrected chi connectivity index (χ3v) is 5.61. The van der Waals surface area contributed by atoms with Crippen LogP contribution in [-0.4, -0.2) is 28.4 Å². The van der Waals surface area contributed by atoms with E-state index in [1.165, 1.54) is 6.07 Å². The van der Waals surface area contributed by atoms with Crippen molar-refractivity contribution in [2.75, 3.05) is 6.54 Å². The van der Waals surface area contributed by atoms with Crippen LogP contribution in [0.25, 0.3) is 0 Å². The maximum Gasteiger partial charge on any atom is 0.312 e. The van der Waals surface area contributed by atoms with Gasteiger partial charge in [-0.3, -0.25) is 9.59 Å². The van der Waals surface area contributed by atoms with E-state index < -0.39 is 17.7 Å². The minimum atomic E-state index is -0.945.